The first-order chi connectivity index (χ1) is 16.0. The number of nitrogens with one attached hydrogen (secondary N) is 1. The van der Waals surface area contributed by atoms with E-state index in [4.69, 9.17) is 46.4 Å². The van der Waals surface area contributed by atoms with Gasteiger partial charge in [0.05, 0.1) is 25.6 Å². The third-order valence-electron chi connectivity index (χ3n) is 6.39. The standard InChI is InChI=1S/C23H24Cl4N4O3/c1-23(2)20(31(34)21(32)28-13-7-9-16(24)18(26)11-13)29(15-8-10-17(25)19(27)12-15)22(33)30(23)14-5-3-4-6-14/h7-12,14,20,34H,3-6H2,1-2H3,(H,28,32)/t20-/m1/s1. The summed E-state index contributed by atoms with van der Waals surface area (Å²) in [6, 6.07) is 8.19. The van der Waals surface area contributed by atoms with Gasteiger partial charge in [-0.1, -0.05) is 59.2 Å². The van der Waals surface area contributed by atoms with Crippen molar-refractivity contribution in [3.05, 3.63) is 56.5 Å². The molecule has 34 heavy (non-hydrogen) atoms. The summed E-state index contributed by atoms with van der Waals surface area (Å²) in [4.78, 5) is 30.0. The lowest BCUT2D eigenvalue weighted by Gasteiger charge is -2.40. The molecule has 182 valence electrons. The Morgan fingerprint density at radius 3 is 2.18 bits per heavy atom. The molecule has 0 spiro atoms. The SMILES string of the molecule is CC1(C)[C@@H](N(O)C(=O)Nc2ccc(Cl)c(Cl)c2)N(c2ccc(Cl)c(Cl)c2)C(=O)N1C1CCCC1. The molecule has 1 atom stereocenters. The summed E-state index contributed by atoms with van der Waals surface area (Å²) in [6.45, 7) is 3.67. The van der Waals surface area contributed by atoms with Crippen LogP contribution in [0.5, 0.6) is 0 Å². The molecule has 1 aliphatic carbocycles. The lowest BCUT2D eigenvalue weighted by molar-refractivity contribution is -0.0976. The molecule has 4 rings (SSSR count). The van der Waals surface area contributed by atoms with Crippen molar-refractivity contribution in [2.45, 2.75) is 57.3 Å². The van der Waals surface area contributed by atoms with Crippen molar-refractivity contribution >= 4 is 69.8 Å². The molecule has 2 aromatic carbocycles. The topological polar surface area (TPSA) is 76.1 Å². The fourth-order valence-corrected chi connectivity index (χ4v) is 5.45. The summed E-state index contributed by atoms with van der Waals surface area (Å²) in [5.41, 5.74) is -0.171. The van der Waals surface area contributed by atoms with Gasteiger partial charge in [-0.15, -0.1) is 0 Å². The first-order valence-corrected chi connectivity index (χ1v) is 12.3. The lowest BCUT2D eigenvalue weighted by atomic mass is 9.97. The number of carbonyl (C=O) groups excluding carboxylic acids is 2. The monoisotopic (exact) mass is 544 g/mol. The van der Waals surface area contributed by atoms with Gasteiger partial charge in [0, 0.05) is 17.4 Å². The highest BCUT2D eigenvalue weighted by Gasteiger charge is 2.58. The van der Waals surface area contributed by atoms with Gasteiger partial charge in [0.1, 0.15) is 0 Å². The summed E-state index contributed by atoms with van der Waals surface area (Å²) in [6.07, 6.45) is 2.70. The Morgan fingerprint density at radius 1 is 1.00 bits per heavy atom. The molecule has 0 bridgehead atoms. The summed E-state index contributed by atoms with van der Waals surface area (Å²) in [5.74, 6) is 0. The highest BCUT2D eigenvalue weighted by molar-refractivity contribution is 6.42. The maximum atomic E-state index is 13.8. The van der Waals surface area contributed by atoms with Crippen molar-refractivity contribution in [3.63, 3.8) is 0 Å². The van der Waals surface area contributed by atoms with Gasteiger partial charge >= 0.3 is 12.1 Å². The van der Waals surface area contributed by atoms with Crippen molar-refractivity contribution in [2.24, 2.45) is 0 Å². The zero-order chi connectivity index (χ0) is 24.8. The molecule has 2 aliphatic rings. The Bertz CT molecular complexity index is 1120. The van der Waals surface area contributed by atoms with Crippen molar-refractivity contribution in [1.82, 2.24) is 9.96 Å². The zero-order valence-corrected chi connectivity index (χ0v) is 21.6. The van der Waals surface area contributed by atoms with Crippen LogP contribution in [0.2, 0.25) is 20.1 Å². The fraction of sp³-hybridized carbons (Fsp3) is 0.391. The van der Waals surface area contributed by atoms with Crippen LogP contribution in [-0.4, -0.2) is 45.0 Å². The smallest absolute Gasteiger partial charge is 0.312 e. The highest BCUT2D eigenvalue weighted by atomic mass is 35.5. The Labute approximate surface area is 218 Å². The average molecular weight is 546 g/mol. The molecule has 1 heterocycles. The minimum atomic E-state index is -1.05. The van der Waals surface area contributed by atoms with Crippen molar-refractivity contribution in [1.29, 1.82) is 0 Å². The maximum Gasteiger partial charge on any atom is 0.347 e. The van der Waals surface area contributed by atoms with E-state index in [1.165, 1.54) is 17.0 Å². The summed E-state index contributed by atoms with van der Waals surface area (Å²) >= 11 is 24.3. The number of hydrogen-bond acceptors (Lipinski definition) is 3. The van der Waals surface area contributed by atoms with Crippen molar-refractivity contribution in [3.8, 4) is 0 Å². The van der Waals surface area contributed by atoms with Crippen molar-refractivity contribution in [2.75, 3.05) is 10.2 Å². The molecule has 4 amide bonds. The van der Waals surface area contributed by atoms with Crippen LogP contribution in [0.4, 0.5) is 21.0 Å². The number of benzene rings is 2. The second kappa shape index (κ2) is 9.63. The molecule has 2 fully saturated rings. The second-order valence-electron chi connectivity index (χ2n) is 8.99. The first-order valence-electron chi connectivity index (χ1n) is 10.8. The average Bonchev–Trinajstić information content (AvgIpc) is 3.36. The largest absolute Gasteiger partial charge is 0.347 e. The van der Waals surface area contributed by atoms with Gasteiger partial charge in [-0.05, 0) is 63.1 Å². The predicted octanol–water partition coefficient (Wildman–Crippen LogP) is 7.51. The number of nitrogens with zero attached hydrogens (tertiary/aromatic N) is 3. The zero-order valence-electron chi connectivity index (χ0n) is 18.6. The number of anilines is 2. The van der Waals surface area contributed by atoms with Crippen LogP contribution >= 0.6 is 46.4 Å². The van der Waals surface area contributed by atoms with Crippen LogP contribution in [0.15, 0.2) is 36.4 Å². The number of amides is 4. The lowest BCUT2D eigenvalue weighted by Crippen LogP contribution is -2.59. The number of hydrogen-bond donors (Lipinski definition) is 2. The minimum absolute atomic E-state index is 0.00399. The molecular weight excluding hydrogens is 522 g/mol. The van der Waals surface area contributed by atoms with Gasteiger partial charge in [-0.2, -0.15) is 5.06 Å². The van der Waals surface area contributed by atoms with Gasteiger partial charge in [0.15, 0.2) is 6.17 Å². The van der Waals surface area contributed by atoms with Crippen molar-refractivity contribution < 1.29 is 14.8 Å². The molecule has 0 radical (unpaired) electrons. The van der Waals surface area contributed by atoms with Crippen LogP contribution in [0.25, 0.3) is 0 Å². The number of urea groups is 2. The normalized spacial score (nSPS) is 20.2. The van der Waals surface area contributed by atoms with E-state index in [-0.39, 0.29) is 22.1 Å². The van der Waals surface area contributed by atoms with Crippen LogP contribution < -0.4 is 10.2 Å². The van der Waals surface area contributed by atoms with Gasteiger partial charge in [-0.3, -0.25) is 10.1 Å². The molecule has 1 aliphatic heterocycles. The molecule has 11 heteroatoms. The van der Waals surface area contributed by atoms with Gasteiger partial charge in [-0.25, -0.2) is 9.59 Å². The molecule has 0 unspecified atom stereocenters. The van der Waals surface area contributed by atoms with E-state index in [1.54, 1.807) is 29.2 Å². The Morgan fingerprint density at radius 2 is 1.59 bits per heavy atom. The van der Waals surface area contributed by atoms with E-state index in [2.05, 4.69) is 5.32 Å². The van der Waals surface area contributed by atoms with E-state index in [0.29, 0.717) is 26.5 Å². The molecule has 2 N–H and O–H groups in total. The van der Waals surface area contributed by atoms with Crippen LogP contribution in [0.1, 0.15) is 39.5 Å². The fourth-order valence-electron chi connectivity index (χ4n) is 4.86. The third kappa shape index (κ3) is 4.52. The number of rotatable bonds is 4. The van der Waals surface area contributed by atoms with Crippen LogP contribution in [-0.2, 0) is 0 Å². The highest BCUT2D eigenvalue weighted by Crippen LogP contribution is 2.43. The molecular formula is C23H24Cl4N4O3. The van der Waals surface area contributed by atoms with E-state index in [9.17, 15) is 14.8 Å². The summed E-state index contributed by atoms with van der Waals surface area (Å²) < 4.78 is 0. The van der Waals surface area contributed by atoms with E-state index in [0.717, 1.165) is 25.7 Å². The second-order valence-corrected chi connectivity index (χ2v) is 10.6. The summed E-state index contributed by atoms with van der Waals surface area (Å²) in [7, 11) is 0. The predicted molar refractivity (Wildman–Crippen MR) is 135 cm³/mol. The van der Waals surface area contributed by atoms with Crippen LogP contribution in [0, 0.1) is 0 Å². The van der Waals surface area contributed by atoms with Gasteiger partial charge < -0.3 is 10.2 Å². The molecule has 1 saturated heterocycles. The number of carbonyl (C=O) groups is 2. The number of hydroxylamine groups is 2. The molecule has 2 aromatic rings. The van der Waals surface area contributed by atoms with E-state index in [1.807, 2.05) is 13.8 Å². The van der Waals surface area contributed by atoms with Gasteiger partial charge in [0.25, 0.3) is 0 Å². The van der Waals surface area contributed by atoms with E-state index < -0.39 is 17.7 Å². The maximum absolute atomic E-state index is 13.8. The molecule has 0 aromatic heterocycles. The molecule has 7 nitrogen and oxygen atoms in total. The quantitative estimate of drug-likeness (QED) is 0.308. The van der Waals surface area contributed by atoms with Gasteiger partial charge in [0.2, 0.25) is 0 Å². The number of halogens is 4. The Hall–Kier alpha value is -1.90. The van der Waals surface area contributed by atoms with Crippen LogP contribution in [0.3, 0.4) is 0 Å². The Balaban J connectivity index is 1.71. The third-order valence-corrected chi connectivity index (χ3v) is 7.87. The summed E-state index contributed by atoms with van der Waals surface area (Å²) in [5, 5.41) is 15.5. The Kier molecular flexibility index (Phi) is 7.14. The molecule has 1 saturated carbocycles. The van der Waals surface area contributed by atoms with E-state index >= 15 is 0 Å². The minimum Gasteiger partial charge on any atom is -0.312 e. The first kappa shape index (κ1) is 25.2.